The van der Waals surface area contributed by atoms with Crippen LogP contribution in [0.2, 0.25) is 0 Å². The molecule has 0 bridgehead atoms. The standard InChI is InChI=1S/C15H28/c1-2-7-13-8-6-11-15(12-13)14-9-4-3-5-10-14/h13-15H,2-12H2,1H3. The highest BCUT2D eigenvalue weighted by molar-refractivity contribution is 4.80. The minimum atomic E-state index is 1.09. The third-order valence-electron chi connectivity index (χ3n) is 4.84. The van der Waals surface area contributed by atoms with Gasteiger partial charge in [-0.3, -0.25) is 0 Å². The summed E-state index contributed by atoms with van der Waals surface area (Å²) in [6.45, 7) is 2.35. The van der Waals surface area contributed by atoms with Gasteiger partial charge in [0.25, 0.3) is 0 Å². The molecule has 0 aromatic carbocycles. The van der Waals surface area contributed by atoms with E-state index in [9.17, 15) is 0 Å². The van der Waals surface area contributed by atoms with Crippen LogP contribution in [0.25, 0.3) is 0 Å². The van der Waals surface area contributed by atoms with E-state index in [4.69, 9.17) is 0 Å². The largest absolute Gasteiger partial charge is 0.0654 e. The van der Waals surface area contributed by atoms with Gasteiger partial charge in [0.15, 0.2) is 0 Å². The fourth-order valence-corrected chi connectivity index (χ4v) is 4.04. The van der Waals surface area contributed by atoms with Crippen molar-refractivity contribution >= 4 is 0 Å². The summed E-state index contributed by atoms with van der Waals surface area (Å²) < 4.78 is 0. The second-order valence-corrected chi connectivity index (χ2v) is 5.98. The Hall–Kier alpha value is 0. The Morgan fingerprint density at radius 1 is 0.800 bits per heavy atom. The summed E-state index contributed by atoms with van der Waals surface area (Å²) in [6, 6.07) is 0. The Balaban J connectivity index is 1.80. The molecule has 0 heterocycles. The molecule has 15 heavy (non-hydrogen) atoms. The van der Waals surface area contributed by atoms with Gasteiger partial charge in [0.1, 0.15) is 0 Å². The van der Waals surface area contributed by atoms with Crippen molar-refractivity contribution < 1.29 is 0 Å². The lowest BCUT2D eigenvalue weighted by Gasteiger charge is -2.36. The van der Waals surface area contributed by atoms with E-state index in [-0.39, 0.29) is 0 Å². The second kappa shape index (κ2) is 5.92. The van der Waals surface area contributed by atoms with Gasteiger partial charge < -0.3 is 0 Å². The first-order chi connectivity index (χ1) is 7.40. The van der Waals surface area contributed by atoms with Gasteiger partial charge in [0.2, 0.25) is 0 Å². The molecular weight excluding hydrogens is 180 g/mol. The van der Waals surface area contributed by atoms with Gasteiger partial charge in [-0.15, -0.1) is 0 Å². The maximum atomic E-state index is 2.35. The van der Waals surface area contributed by atoms with Crippen LogP contribution in [0.15, 0.2) is 0 Å². The zero-order valence-corrected chi connectivity index (χ0v) is 10.5. The van der Waals surface area contributed by atoms with Crippen molar-refractivity contribution in [3.8, 4) is 0 Å². The molecule has 2 rings (SSSR count). The predicted molar refractivity (Wildman–Crippen MR) is 66.9 cm³/mol. The van der Waals surface area contributed by atoms with E-state index in [1.165, 1.54) is 44.9 Å². The van der Waals surface area contributed by atoms with E-state index in [1.807, 2.05) is 0 Å². The van der Waals surface area contributed by atoms with Crippen LogP contribution in [0.1, 0.15) is 77.6 Å². The molecule has 2 aliphatic rings. The van der Waals surface area contributed by atoms with Crippen LogP contribution in [0.3, 0.4) is 0 Å². The molecule has 0 radical (unpaired) electrons. The smallest absolute Gasteiger partial charge is 0.0383 e. The molecule has 0 aliphatic heterocycles. The van der Waals surface area contributed by atoms with Gasteiger partial charge in [0, 0.05) is 0 Å². The van der Waals surface area contributed by atoms with Crippen molar-refractivity contribution in [3.63, 3.8) is 0 Å². The normalized spacial score (nSPS) is 34.2. The average molecular weight is 208 g/mol. The van der Waals surface area contributed by atoms with Crippen LogP contribution in [0.4, 0.5) is 0 Å². The second-order valence-electron chi connectivity index (χ2n) is 5.98. The van der Waals surface area contributed by atoms with Crippen molar-refractivity contribution in [2.45, 2.75) is 77.6 Å². The predicted octanol–water partition coefficient (Wildman–Crippen LogP) is 5.17. The van der Waals surface area contributed by atoms with E-state index < -0.39 is 0 Å². The first kappa shape index (κ1) is 11.5. The maximum absolute atomic E-state index is 2.35. The maximum Gasteiger partial charge on any atom is -0.0383 e. The molecule has 0 N–H and O–H groups in total. The van der Waals surface area contributed by atoms with E-state index in [0.29, 0.717) is 0 Å². The topological polar surface area (TPSA) is 0 Å². The Kier molecular flexibility index (Phi) is 4.53. The molecule has 0 nitrogen and oxygen atoms in total. The highest BCUT2D eigenvalue weighted by Crippen LogP contribution is 2.41. The number of hydrogen-bond donors (Lipinski definition) is 0. The Morgan fingerprint density at radius 2 is 1.53 bits per heavy atom. The van der Waals surface area contributed by atoms with Gasteiger partial charge in [0.05, 0.1) is 0 Å². The van der Waals surface area contributed by atoms with E-state index in [2.05, 4.69) is 6.92 Å². The molecule has 0 aromatic rings. The molecule has 0 heteroatoms. The quantitative estimate of drug-likeness (QED) is 0.600. The lowest BCUT2D eigenvalue weighted by molar-refractivity contribution is 0.154. The third kappa shape index (κ3) is 3.23. The summed E-state index contributed by atoms with van der Waals surface area (Å²) in [4.78, 5) is 0. The highest BCUT2D eigenvalue weighted by atomic mass is 14.3. The van der Waals surface area contributed by atoms with Crippen molar-refractivity contribution in [2.75, 3.05) is 0 Å². The fourth-order valence-electron chi connectivity index (χ4n) is 4.04. The summed E-state index contributed by atoms with van der Waals surface area (Å²) in [5, 5.41) is 0. The Bertz CT molecular complexity index is 165. The molecule has 2 fully saturated rings. The summed E-state index contributed by atoms with van der Waals surface area (Å²) in [5.74, 6) is 3.34. The van der Waals surface area contributed by atoms with Gasteiger partial charge in [-0.25, -0.2) is 0 Å². The molecule has 88 valence electrons. The number of rotatable bonds is 3. The average Bonchev–Trinajstić information content (AvgIpc) is 2.31. The number of hydrogen-bond acceptors (Lipinski definition) is 0. The molecule has 2 aliphatic carbocycles. The van der Waals surface area contributed by atoms with Crippen molar-refractivity contribution in [1.82, 2.24) is 0 Å². The van der Waals surface area contributed by atoms with Crippen LogP contribution in [0.5, 0.6) is 0 Å². The van der Waals surface area contributed by atoms with Crippen molar-refractivity contribution in [3.05, 3.63) is 0 Å². The monoisotopic (exact) mass is 208 g/mol. The first-order valence-electron chi connectivity index (χ1n) is 7.40. The highest BCUT2D eigenvalue weighted by Gasteiger charge is 2.28. The summed E-state index contributed by atoms with van der Waals surface area (Å²) in [5.41, 5.74) is 0. The minimum Gasteiger partial charge on any atom is -0.0654 e. The van der Waals surface area contributed by atoms with Crippen molar-refractivity contribution in [1.29, 1.82) is 0 Å². The van der Waals surface area contributed by atoms with Crippen LogP contribution < -0.4 is 0 Å². The Labute approximate surface area is 95.8 Å². The lowest BCUT2D eigenvalue weighted by atomic mass is 9.70. The van der Waals surface area contributed by atoms with E-state index >= 15 is 0 Å². The summed E-state index contributed by atoms with van der Waals surface area (Å²) in [6.07, 6.45) is 16.8. The van der Waals surface area contributed by atoms with Gasteiger partial charge in [-0.05, 0) is 24.2 Å². The van der Waals surface area contributed by atoms with Gasteiger partial charge in [-0.1, -0.05) is 71.1 Å². The SMILES string of the molecule is CCCC1CCCC(C2CCCCC2)C1. The Morgan fingerprint density at radius 3 is 2.27 bits per heavy atom. The van der Waals surface area contributed by atoms with Crippen LogP contribution in [-0.4, -0.2) is 0 Å². The van der Waals surface area contributed by atoms with Crippen molar-refractivity contribution in [2.24, 2.45) is 17.8 Å². The molecule has 2 unspecified atom stereocenters. The van der Waals surface area contributed by atoms with Gasteiger partial charge >= 0.3 is 0 Å². The molecule has 2 atom stereocenters. The van der Waals surface area contributed by atoms with Crippen LogP contribution >= 0.6 is 0 Å². The lowest BCUT2D eigenvalue weighted by Crippen LogP contribution is -2.24. The van der Waals surface area contributed by atoms with E-state index in [0.717, 1.165) is 17.8 Å². The van der Waals surface area contributed by atoms with E-state index in [1.54, 1.807) is 25.7 Å². The molecule has 0 spiro atoms. The van der Waals surface area contributed by atoms with Crippen LogP contribution in [0, 0.1) is 17.8 Å². The zero-order chi connectivity index (χ0) is 10.5. The summed E-state index contributed by atoms with van der Waals surface area (Å²) in [7, 11) is 0. The molecule has 0 saturated heterocycles. The molecule has 0 amide bonds. The minimum absolute atomic E-state index is 1.09. The van der Waals surface area contributed by atoms with Gasteiger partial charge in [-0.2, -0.15) is 0 Å². The van der Waals surface area contributed by atoms with Crippen LogP contribution in [-0.2, 0) is 0 Å². The molecular formula is C15H28. The molecule has 0 aromatic heterocycles. The first-order valence-corrected chi connectivity index (χ1v) is 7.40. The zero-order valence-electron chi connectivity index (χ0n) is 10.5. The third-order valence-corrected chi connectivity index (χ3v) is 4.84. The fraction of sp³-hybridized carbons (Fsp3) is 1.00. The molecule has 2 saturated carbocycles. The summed E-state index contributed by atoms with van der Waals surface area (Å²) >= 11 is 0.